The van der Waals surface area contributed by atoms with Gasteiger partial charge in [0, 0.05) is 10.9 Å². The van der Waals surface area contributed by atoms with Crippen LogP contribution in [0.25, 0.3) is 0 Å². The Balaban J connectivity index is 2.24. The first kappa shape index (κ1) is 15.0. The molecular formula is C16H16BrFO2. The van der Waals surface area contributed by atoms with Crippen LogP contribution in [0.2, 0.25) is 0 Å². The number of aryl methyl sites for hydroxylation is 1. The molecule has 0 aromatic heterocycles. The Morgan fingerprint density at radius 3 is 2.65 bits per heavy atom. The second kappa shape index (κ2) is 6.37. The molecule has 1 unspecified atom stereocenters. The van der Waals surface area contributed by atoms with E-state index in [0.29, 0.717) is 23.3 Å². The van der Waals surface area contributed by atoms with Gasteiger partial charge in [0.2, 0.25) is 0 Å². The quantitative estimate of drug-likeness (QED) is 0.905. The number of hydrogen-bond donors (Lipinski definition) is 1. The van der Waals surface area contributed by atoms with Crippen molar-refractivity contribution in [2.75, 3.05) is 7.11 Å². The average Bonchev–Trinajstić information content (AvgIpc) is 2.42. The van der Waals surface area contributed by atoms with Crippen molar-refractivity contribution in [3.8, 4) is 5.75 Å². The van der Waals surface area contributed by atoms with Gasteiger partial charge in [0.05, 0.1) is 13.2 Å². The van der Waals surface area contributed by atoms with Gasteiger partial charge in [0.25, 0.3) is 0 Å². The molecule has 0 heterocycles. The lowest BCUT2D eigenvalue weighted by atomic mass is 9.99. The van der Waals surface area contributed by atoms with Crippen LogP contribution in [0.4, 0.5) is 4.39 Å². The lowest BCUT2D eigenvalue weighted by molar-refractivity contribution is 0.176. The normalized spacial score (nSPS) is 12.2. The van der Waals surface area contributed by atoms with Gasteiger partial charge in [0.1, 0.15) is 11.6 Å². The smallest absolute Gasteiger partial charge is 0.126 e. The predicted octanol–water partition coefficient (Wildman–Crippen LogP) is 4.18. The summed E-state index contributed by atoms with van der Waals surface area (Å²) in [4.78, 5) is 0. The van der Waals surface area contributed by atoms with Crippen LogP contribution in [-0.2, 0) is 6.42 Å². The summed E-state index contributed by atoms with van der Waals surface area (Å²) in [5.74, 6) is 0.405. The Labute approximate surface area is 126 Å². The standard InChI is InChI=1S/C16H16BrFO2/c1-10-3-4-11(8-14(10)18)15(19)9-12-7-13(17)5-6-16(12)20-2/h3-8,15,19H,9H2,1-2H3. The zero-order chi connectivity index (χ0) is 14.7. The first-order chi connectivity index (χ1) is 9.51. The Morgan fingerprint density at radius 2 is 2.00 bits per heavy atom. The minimum atomic E-state index is -0.770. The second-order valence-corrected chi connectivity index (χ2v) is 5.60. The summed E-state index contributed by atoms with van der Waals surface area (Å²) in [6.07, 6.45) is -0.404. The van der Waals surface area contributed by atoms with Gasteiger partial charge in [-0.05, 0) is 47.9 Å². The third kappa shape index (κ3) is 3.38. The van der Waals surface area contributed by atoms with Gasteiger partial charge in [-0.25, -0.2) is 4.39 Å². The Kier molecular flexibility index (Phi) is 4.78. The number of ether oxygens (including phenoxy) is 1. The van der Waals surface area contributed by atoms with E-state index in [0.717, 1.165) is 10.0 Å². The number of benzene rings is 2. The number of aliphatic hydroxyl groups excluding tert-OH is 1. The molecule has 0 aliphatic heterocycles. The van der Waals surface area contributed by atoms with Gasteiger partial charge in [-0.2, -0.15) is 0 Å². The maximum Gasteiger partial charge on any atom is 0.126 e. The number of rotatable bonds is 4. The number of aliphatic hydroxyl groups is 1. The molecule has 2 aromatic carbocycles. The highest BCUT2D eigenvalue weighted by Crippen LogP contribution is 2.28. The number of methoxy groups -OCH3 is 1. The first-order valence-electron chi connectivity index (χ1n) is 6.28. The molecule has 0 fully saturated rings. The molecule has 0 saturated carbocycles. The monoisotopic (exact) mass is 338 g/mol. The Morgan fingerprint density at radius 1 is 1.25 bits per heavy atom. The van der Waals surface area contributed by atoms with E-state index in [-0.39, 0.29) is 5.82 Å². The van der Waals surface area contributed by atoms with E-state index < -0.39 is 6.10 Å². The summed E-state index contributed by atoms with van der Waals surface area (Å²) in [5, 5.41) is 10.3. The molecule has 0 aliphatic rings. The van der Waals surface area contributed by atoms with Crippen LogP contribution in [0.1, 0.15) is 22.8 Å². The molecule has 2 rings (SSSR count). The van der Waals surface area contributed by atoms with Gasteiger partial charge in [-0.1, -0.05) is 28.1 Å². The molecule has 0 bridgehead atoms. The number of halogens is 2. The van der Waals surface area contributed by atoms with Crippen LogP contribution in [0.5, 0.6) is 5.75 Å². The maximum absolute atomic E-state index is 13.5. The van der Waals surface area contributed by atoms with Crippen molar-refractivity contribution in [2.24, 2.45) is 0 Å². The molecule has 0 radical (unpaired) electrons. The van der Waals surface area contributed by atoms with E-state index in [4.69, 9.17) is 4.74 Å². The fraction of sp³-hybridized carbons (Fsp3) is 0.250. The van der Waals surface area contributed by atoms with E-state index in [1.165, 1.54) is 6.07 Å². The zero-order valence-electron chi connectivity index (χ0n) is 11.4. The van der Waals surface area contributed by atoms with Crippen molar-refractivity contribution in [1.82, 2.24) is 0 Å². The number of hydrogen-bond acceptors (Lipinski definition) is 2. The van der Waals surface area contributed by atoms with Crippen molar-refractivity contribution in [3.63, 3.8) is 0 Å². The molecule has 20 heavy (non-hydrogen) atoms. The lowest BCUT2D eigenvalue weighted by Gasteiger charge is -2.14. The molecule has 0 amide bonds. The van der Waals surface area contributed by atoms with Crippen molar-refractivity contribution >= 4 is 15.9 Å². The maximum atomic E-state index is 13.5. The van der Waals surface area contributed by atoms with Gasteiger partial charge in [-0.3, -0.25) is 0 Å². The summed E-state index contributed by atoms with van der Waals surface area (Å²) in [5.41, 5.74) is 2.01. The highest BCUT2D eigenvalue weighted by molar-refractivity contribution is 9.10. The van der Waals surface area contributed by atoms with Crippen molar-refractivity contribution in [2.45, 2.75) is 19.4 Å². The summed E-state index contributed by atoms with van der Waals surface area (Å²) in [7, 11) is 1.59. The summed E-state index contributed by atoms with van der Waals surface area (Å²) in [6.45, 7) is 1.70. The molecule has 4 heteroatoms. The summed E-state index contributed by atoms with van der Waals surface area (Å²) >= 11 is 3.40. The SMILES string of the molecule is COc1ccc(Br)cc1CC(O)c1ccc(C)c(F)c1. The third-order valence-electron chi connectivity index (χ3n) is 3.24. The van der Waals surface area contributed by atoms with Crippen molar-refractivity contribution < 1.29 is 14.2 Å². The molecule has 2 nitrogen and oxygen atoms in total. The highest BCUT2D eigenvalue weighted by Gasteiger charge is 2.13. The van der Waals surface area contributed by atoms with E-state index in [9.17, 15) is 9.50 Å². The molecule has 0 spiro atoms. The van der Waals surface area contributed by atoms with Gasteiger partial charge < -0.3 is 9.84 Å². The average molecular weight is 339 g/mol. The molecule has 1 atom stereocenters. The highest BCUT2D eigenvalue weighted by atomic mass is 79.9. The third-order valence-corrected chi connectivity index (χ3v) is 3.73. The Bertz CT molecular complexity index is 613. The van der Waals surface area contributed by atoms with E-state index in [2.05, 4.69) is 15.9 Å². The minimum absolute atomic E-state index is 0.303. The summed E-state index contributed by atoms with van der Waals surface area (Å²) in [6, 6.07) is 10.4. The molecule has 0 saturated heterocycles. The van der Waals surface area contributed by atoms with Crippen LogP contribution in [-0.4, -0.2) is 12.2 Å². The predicted molar refractivity (Wildman–Crippen MR) is 80.5 cm³/mol. The van der Waals surface area contributed by atoms with Crippen LogP contribution >= 0.6 is 15.9 Å². The molecule has 0 aliphatic carbocycles. The van der Waals surface area contributed by atoms with E-state index in [1.54, 1.807) is 26.2 Å². The van der Waals surface area contributed by atoms with Crippen LogP contribution < -0.4 is 4.74 Å². The van der Waals surface area contributed by atoms with Crippen molar-refractivity contribution in [3.05, 3.63) is 63.4 Å². The van der Waals surface area contributed by atoms with Crippen LogP contribution in [0, 0.1) is 12.7 Å². The fourth-order valence-electron chi connectivity index (χ4n) is 2.05. The van der Waals surface area contributed by atoms with Gasteiger partial charge in [-0.15, -0.1) is 0 Å². The van der Waals surface area contributed by atoms with Crippen LogP contribution in [0.3, 0.4) is 0 Å². The zero-order valence-corrected chi connectivity index (χ0v) is 12.9. The van der Waals surface area contributed by atoms with Gasteiger partial charge >= 0.3 is 0 Å². The topological polar surface area (TPSA) is 29.5 Å². The second-order valence-electron chi connectivity index (χ2n) is 4.68. The van der Waals surface area contributed by atoms with Crippen LogP contribution in [0.15, 0.2) is 40.9 Å². The van der Waals surface area contributed by atoms with Crippen molar-refractivity contribution in [1.29, 1.82) is 0 Å². The lowest BCUT2D eigenvalue weighted by Crippen LogP contribution is -2.04. The molecule has 1 N–H and O–H groups in total. The van der Waals surface area contributed by atoms with E-state index >= 15 is 0 Å². The van der Waals surface area contributed by atoms with Gasteiger partial charge in [0.15, 0.2) is 0 Å². The molecule has 106 valence electrons. The largest absolute Gasteiger partial charge is 0.496 e. The Hall–Kier alpha value is -1.39. The first-order valence-corrected chi connectivity index (χ1v) is 7.07. The fourth-order valence-corrected chi connectivity index (χ4v) is 2.46. The minimum Gasteiger partial charge on any atom is -0.496 e. The molecular weight excluding hydrogens is 323 g/mol. The molecule has 2 aromatic rings. The summed E-state index contributed by atoms with van der Waals surface area (Å²) < 4.78 is 19.7. The van der Waals surface area contributed by atoms with E-state index in [1.807, 2.05) is 18.2 Å².